The van der Waals surface area contributed by atoms with E-state index < -0.39 is 0 Å². The molecule has 0 saturated carbocycles. The monoisotopic (exact) mass is 244 g/mol. The molecule has 3 heteroatoms. The van der Waals surface area contributed by atoms with Crippen molar-refractivity contribution in [1.82, 2.24) is 10.2 Å². The first kappa shape index (κ1) is 16.9. The van der Waals surface area contributed by atoms with E-state index in [9.17, 15) is 0 Å². The lowest BCUT2D eigenvalue weighted by atomic mass is 9.84. The molecule has 0 radical (unpaired) electrons. The van der Waals surface area contributed by atoms with Crippen LogP contribution in [-0.2, 0) is 4.74 Å². The fourth-order valence-corrected chi connectivity index (χ4v) is 2.03. The maximum Gasteiger partial charge on any atom is 0.0474 e. The van der Waals surface area contributed by atoms with E-state index >= 15 is 0 Å². The van der Waals surface area contributed by atoms with E-state index in [4.69, 9.17) is 4.74 Å². The normalized spacial score (nSPS) is 14.3. The fraction of sp³-hybridized carbons (Fsp3) is 1.00. The summed E-state index contributed by atoms with van der Waals surface area (Å²) in [5.74, 6) is 0. The average molecular weight is 244 g/mol. The molecule has 0 spiro atoms. The van der Waals surface area contributed by atoms with E-state index in [0.717, 1.165) is 32.7 Å². The van der Waals surface area contributed by atoms with E-state index in [0.29, 0.717) is 11.5 Å². The molecule has 0 rings (SSSR count). The van der Waals surface area contributed by atoms with Crippen molar-refractivity contribution in [2.24, 2.45) is 5.41 Å². The average Bonchev–Trinajstić information content (AvgIpc) is 2.23. The first-order valence-electron chi connectivity index (χ1n) is 6.82. The van der Waals surface area contributed by atoms with Crippen molar-refractivity contribution in [3.05, 3.63) is 0 Å². The van der Waals surface area contributed by atoms with Gasteiger partial charge >= 0.3 is 0 Å². The molecule has 0 aromatic heterocycles. The summed E-state index contributed by atoms with van der Waals surface area (Å²) in [4.78, 5) is 2.40. The lowest BCUT2D eigenvalue weighted by Gasteiger charge is -2.32. The van der Waals surface area contributed by atoms with Gasteiger partial charge in [-0.3, -0.25) is 0 Å². The summed E-state index contributed by atoms with van der Waals surface area (Å²) in [5, 5.41) is 3.59. The van der Waals surface area contributed by atoms with Crippen LogP contribution in [0.25, 0.3) is 0 Å². The van der Waals surface area contributed by atoms with Crippen molar-refractivity contribution in [2.45, 2.75) is 46.6 Å². The molecule has 17 heavy (non-hydrogen) atoms. The van der Waals surface area contributed by atoms with Gasteiger partial charge in [-0.1, -0.05) is 27.7 Å². The van der Waals surface area contributed by atoms with Gasteiger partial charge in [0.15, 0.2) is 0 Å². The minimum Gasteiger partial charge on any atom is -0.385 e. The largest absolute Gasteiger partial charge is 0.385 e. The second-order valence-electron chi connectivity index (χ2n) is 5.91. The van der Waals surface area contributed by atoms with Crippen LogP contribution in [0, 0.1) is 5.41 Å². The molecule has 1 atom stereocenters. The summed E-state index contributed by atoms with van der Waals surface area (Å²) in [6, 6.07) is 0.595. The lowest BCUT2D eigenvalue weighted by molar-refractivity contribution is 0.173. The van der Waals surface area contributed by atoms with Crippen LogP contribution < -0.4 is 5.32 Å². The van der Waals surface area contributed by atoms with Gasteiger partial charge in [0.05, 0.1) is 0 Å². The summed E-state index contributed by atoms with van der Waals surface area (Å²) >= 11 is 0. The highest BCUT2D eigenvalue weighted by Crippen LogP contribution is 2.21. The summed E-state index contributed by atoms with van der Waals surface area (Å²) in [7, 11) is 3.96. The van der Waals surface area contributed by atoms with Crippen LogP contribution in [0.1, 0.15) is 40.5 Å². The maximum atomic E-state index is 5.07. The van der Waals surface area contributed by atoms with Gasteiger partial charge in [-0.25, -0.2) is 0 Å². The Kier molecular flexibility index (Phi) is 8.83. The Morgan fingerprint density at radius 1 is 1.24 bits per heavy atom. The molecule has 1 unspecified atom stereocenters. The van der Waals surface area contributed by atoms with Crippen LogP contribution in [0.4, 0.5) is 0 Å². The Labute approximate surface area is 108 Å². The van der Waals surface area contributed by atoms with Crippen LogP contribution in [-0.4, -0.2) is 51.3 Å². The molecule has 104 valence electrons. The second kappa shape index (κ2) is 8.90. The zero-order valence-electron chi connectivity index (χ0n) is 12.7. The number of nitrogens with one attached hydrogen (secondary N) is 1. The Hall–Kier alpha value is -0.120. The summed E-state index contributed by atoms with van der Waals surface area (Å²) in [6.07, 6.45) is 2.33. The van der Waals surface area contributed by atoms with Crippen LogP contribution in [0.5, 0.6) is 0 Å². The Bertz CT molecular complexity index is 178. The van der Waals surface area contributed by atoms with E-state index in [-0.39, 0.29) is 0 Å². The minimum absolute atomic E-state index is 0.337. The number of rotatable bonds is 9. The van der Waals surface area contributed by atoms with Gasteiger partial charge in [0.2, 0.25) is 0 Å². The van der Waals surface area contributed by atoms with Gasteiger partial charge in [-0.05, 0) is 38.4 Å². The predicted octanol–water partition coefficient (Wildman–Crippen LogP) is 2.37. The third-order valence-electron chi connectivity index (χ3n) is 3.18. The quantitative estimate of drug-likeness (QED) is 0.630. The Balaban J connectivity index is 3.87. The van der Waals surface area contributed by atoms with Crippen molar-refractivity contribution in [1.29, 1.82) is 0 Å². The molecule has 0 amide bonds. The lowest BCUT2D eigenvalue weighted by Crippen LogP contribution is -2.42. The van der Waals surface area contributed by atoms with Gasteiger partial charge in [-0.15, -0.1) is 0 Å². The van der Waals surface area contributed by atoms with E-state index in [1.165, 1.54) is 6.42 Å². The first-order chi connectivity index (χ1) is 7.91. The van der Waals surface area contributed by atoms with Crippen molar-refractivity contribution in [2.75, 3.05) is 40.4 Å². The van der Waals surface area contributed by atoms with Crippen LogP contribution in [0.15, 0.2) is 0 Å². The molecule has 0 saturated heterocycles. The van der Waals surface area contributed by atoms with Gasteiger partial charge in [0, 0.05) is 26.3 Å². The molecule has 0 aliphatic carbocycles. The summed E-state index contributed by atoms with van der Waals surface area (Å²) < 4.78 is 5.07. The van der Waals surface area contributed by atoms with E-state index in [2.05, 4.69) is 45.0 Å². The van der Waals surface area contributed by atoms with Crippen LogP contribution in [0.2, 0.25) is 0 Å². The highest BCUT2D eigenvalue weighted by atomic mass is 16.5. The minimum atomic E-state index is 0.337. The standard InChI is InChI=1S/C14H32N2O/c1-7-15-13(14(2,3)4)9-11-16(5)10-8-12-17-6/h13,15H,7-12H2,1-6H3. The molecule has 0 heterocycles. The van der Waals surface area contributed by atoms with Crippen molar-refractivity contribution < 1.29 is 4.74 Å². The molecule has 0 aliphatic rings. The van der Waals surface area contributed by atoms with Crippen molar-refractivity contribution >= 4 is 0 Å². The predicted molar refractivity (Wildman–Crippen MR) is 75.5 cm³/mol. The highest BCUT2D eigenvalue weighted by molar-refractivity contribution is 4.80. The Morgan fingerprint density at radius 3 is 2.35 bits per heavy atom. The third-order valence-corrected chi connectivity index (χ3v) is 3.18. The SMILES string of the molecule is CCNC(CCN(C)CCCOC)C(C)(C)C. The molecule has 0 fully saturated rings. The molecule has 0 aromatic carbocycles. The molecule has 0 aromatic rings. The Morgan fingerprint density at radius 2 is 1.88 bits per heavy atom. The number of nitrogens with zero attached hydrogens (tertiary/aromatic N) is 1. The van der Waals surface area contributed by atoms with Crippen molar-refractivity contribution in [3.8, 4) is 0 Å². The number of methoxy groups -OCH3 is 1. The zero-order chi connectivity index (χ0) is 13.3. The topological polar surface area (TPSA) is 24.5 Å². The fourth-order valence-electron chi connectivity index (χ4n) is 2.03. The third kappa shape index (κ3) is 8.58. The molecular weight excluding hydrogens is 212 g/mol. The van der Waals surface area contributed by atoms with Gasteiger partial charge in [0.25, 0.3) is 0 Å². The van der Waals surface area contributed by atoms with Crippen LogP contribution in [0.3, 0.4) is 0 Å². The molecule has 0 aliphatic heterocycles. The van der Waals surface area contributed by atoms with E-state index in [1.54, 1.807) is 7.11 Å². The summed E-state index contributed by atoms with van der Waals surface area (Å²) in [5.41, 5.74) is 0.337. The molecule has 0 bridgehead atoms. The number of hydrogen-bond donors (Lipinski definition) is 1. The number of hydrogen-bond acceptors (Lipinski definition) is 3. The summed E-state index contributed by atoms with van der Waals surface area (Å²) in [6.45, 7) is 13.3. The first-order valence-corrected chi connectivity index (χ1v) is 6.82. The van der Waals surface area contributed by atoms with E-state index in [1.807, 2.05) is 0 Å². The van der Waals surface area contributed by atoms with Gasteiger partial charge < -0.3 is 15.0 Å². The van der Waals surface area contributed by atoms with Crippen LogP contribution >= 0.6 is 0 Å². The van der Waals surface area contributed by atoms with Crippen molar-refractivity contribution in [3.63, 3.8) is 0 Å². The number of ether oxygens (including phenoxy) is 1. The smallest absolute Gasteiger partial charge is 0.0474 e. The van der Waals surface area contributed by atoms with Gasteiger partial charge in [-0.2, -0.15) is 0 Å². The maximum absolute atomic E-state index is 5.07. The molecular formula is C14H32N2O. The zero-order valence-corrected chi connectivity index (χ0v) is 12.7. The second-order valence-corrected chi connectivity index (χ2v) is 5.91. The molecule has 3 nitrogen and oxygen atoms in total. The highest BCUT2D eigenvalue weighted by Gasteiger charge is 2.23. The molecule has 1 N–H and O–H groups in total. The van der Waals surface area contributed by atoms with Gasteiger partial charge in [0.1, 0.15) is 0 Å².